The van der Waals surface area contributed by atoms with E-state index in [9.17, 15) is 4.79 Å². The Morgan fingerprint density at radius 1 is 1.42 bits per heavy atom. The highest BCUT2D eigenvalue weighted by atomic mass is 16.5. The first kappa shape index (κ1) is 14.7. The van der Waals surface area contributed by atoms with Crippen LogP contribution in [0.5, 0.6) is 0 Å². The molecule has 0 bridgehead atoms. The highest BCUT2D eigenvalue weighted by Crippen LogP contribution is 2.25. The minimum Gasteiger partial charge on any atom is -0.364 e. The number of ether oxygens (including phenoxy) is 1. The van der Waals surface area contributed by atoms with Crippen molar-refractivity contribution in [2.45, 2.75) is 38.0 Å². The molecule has 2 rings (SSSR count). The van der Waals surface area contributed by atoms with Crippen molar-refractivity contribution in [3.63, 3.8) is 0 Å². The molecular weight excluding hydrogens is 244 g/mol. The predicted octanol–water partition coefficient (Wildman–Crippen LogP) is -0.594. The van der Waals surface area contributed by atoms with E-state index < -0.39 is 0 Å². The number of carbonyl (C=O) groups is 1. The summed E-state index contributed by atoms with van der Waals surface area (Å²) in [6.45, 7) is 5.41. The Bertz CT molecular complexity index is 324. The summed E-state index contributed by atoms with van der Waals surface area (Å²) < 4.78 is 5.76. The molecule has 2 aliphatic rings. The molecule has 0 aromatic carbocycles. The van der Waals surface area contributed by atoms with Crippen molar-refractivity contribution in [1.29, 1.82) is 0 Å². The van der Waals surface area contributed by atoms with Crippen molar-refractivity contribution in [3.05, 3.63) is 0 Å². The molecule has 0 aromatic heterocycles. The van der Waals surface area contributed by atoms with E-state index >= 15 is 0 Å². The maximum Gasteiger partial charge on any atom is 0.263 e. The Kier molecular flexibility index (Phi) is 4.78. The van der Waals surface area contributed by atoms with Crippen LogP contribution in [0.1, 0.15) is 19.8 Å². The van der Waals surface area contributed by atoms with Gasteiger partial charge < -0.3 is 9.64 Å². The molecule has 0 radical (unpaired) electrons. The molecule has 1 amide bonds. The molecule has 0 aliphatic carbocycles. The zero-order valence-corrected chi connectivity index (χ0v) is 12.1. The van der Waals surface area contributed by atoms with Gasteiger partial charge in [0.25, 0.3) is 5.91 Å². The number of nitrogens with zero attached hydrogens (tertiary/aromatic N) is 2. The molecule has 4 atom stereocenters. The third-order valence-corrected chi connectivity index (χ3v) is 4.32. The number of nitrogens with one attached hydrogen (secondary N) is 1. The minimum absolute atomic E-state index is 0.162. The molecule has 2 fully saturated rings. The van der Waals surface area contributed by atoms with E-state index in [2.05, 4.69) is 36.2 Å². The van der Waals surface area contributed by atoms with Gasteiger partial charge in [-0.25, -0.2) is 5.84 Å². The lowest BCUT2D eigenvalue weighted by Crippen LogP contribution is -2.40. The lowest BCUT2D eigenvalue weighted by Gasteiger charge is -2.23. The lowest BCUT2D eigenvalue weighted by molar-refractivity contribution is -0.132. The third-order valence-electron chi connectivity index (χ3n) is 4.32. The van der Waals surface area contributed by atoms with Gasteiger partial charge in [0.1, 0.15) is 6.10 Å². The van der Waals surface area contributed by atoms with Crippen molar-refractivity contribution in [3.8, 4) is 0 Å². The number of hydrogen-bond acceptors (Lipinski definition) is 5. The van der Waals surface area contributed by atoms with Crippen LogP contribution in [0.2, 0.25) is 0 Å². The molecule has 4 unspecified atom stereocenters. The fraction of sp³-hybridized carbons (Fsp3) is 0.923. The van der Waals surface area contributed by atoms with E-state index in [1.54, 1.807) is 0 Å². The van der Waals surface area contributed by atoms with Crippen LogP contribution in [0.15, 0.2) is 0 Å². The summed E-state index contributed by atoms with van der Waals surface area (Å²) in [7, 11) is 4.27. The van der Waals surface area contributed by atoms with Crippen LogP contribution < -0.4 is 11.3 Å². The van der Waals surface area contributed by atoms with Crippen LogP contribution in [0.25, 0.3) is 0 Å². The largest absolute Gasteiger partial charge is 0.364 e. The van der Waals surface area contributed by atoms with E-state index in [0.29, 0.717) is 12.0 Å². The fourth-order valence-electron chi connectivity index (χ4n) is 3.28. The van der Waals surface area contributed by atoms with Crippen molar-refractivity contribution >= 4 is 5.91 Å². The molecule has 0 saturated carbocycles. The average Bonchev–Trinajstić information content (AvgIpc) is 2.95. The van der Waals surface area contributed by atoms with Crippen LogP contribution >= 0.6 is 0 Å². The zero-order valence-electron chi connectivity index (χ0n) is 12.1. The number of likely N-dealkylation sites (tertiary alicyclic amines) is 1. The Labute approximate surface area is 115 Å². The molecule has 19 heavy (non-hydrogen) atoms. The average molecular weight is 270 g/mol. The topological polar surface area (TPSA) is 70.8 Å². The standard InChI is InChI=1S/C13H26N4O2/c1-9-6-17(8-11(9)16(2)3)7-10-4-5-12(19-10)13(18)15-14/h9-12H,4-8,14H2,1-3H3,(H,15,18). The van der Waals surface area contributed by atoms with E-state index in [4.69, 9.17) is 10.6 Å². The van der Waals surface area contributed by atoms with Crippen molar-refractivity contribution in [2.75, 3.05) is 33.7 Å². The molecular formula is C13H26N4O2. The monoisotopic (exact) mass is 270 g/mol. The number of amides is 1. The third kappa shape index (κ3) is 3.45. The van der Waals surface area contributed by atoms with Crippen LogP contribution in [0.4, 0.5) is 0 Å². The second-order valence-corrected chi connectivity index (χ2v) is 6.06. The Hall–Kier alpha value is -0.690. The second kappa shape index (κ2) is 6.17. The summed E-state index contributed by atoms with van der Waals surface area (Å²) in [5, 5.41) is 0. The molecule has 0 aromatic rings. The number of hydrogen-bond donors (Lipinski definition) is 2. The molecule has 0 spiro atoms. The van der Waals surface area contributed by atoms with Gasteiger partial charge in [-0.3, -0.25) is 15.1 Å². The number of nitrogens with two attached hydrogens (primary N) is 1. The number of carbonyl (C=O) groups excluding carboxylic acids is 1. The maximum atomic E-state index is 11.4. The van der Waals surface area contributed by atoms with Crippen molar-refractivity contribution in [2.24, 2.45) is 11.8 Å². The number of likely N-dealkylation sites (N-methyl/N-ethyl adjacent to an activating group) is 1. The van der Waals surface area contributed by atoms with Crippen LogP contribution in [0.3, 0.4) is 0 Å². The van der Waals surface area contributed by atoms with Gasteiger partial charge in [-0.05, 0) is 32.9 Å². The second-order valence-electron chi connectivity index (χ2n) is 6.06. The first-order valence-electron chi connectivity index (χ1n) is 7.06. The first-order valence-corrected chi connectivity index (χ1v) is 7.06. The van der Waals surface area contributed by atoms with E-state index in [1.807, 2.05) is 0 Å². The van der Waals surface area contributed by atoms with E-state index in [-0.39, 0.29) is 18.1 Å². The summed E-state index contributed by atoms with van der Waals surface area (Å²) in [5.41, 5.74) is 2.17. The Morgan fingerprint density at radius 2 is 2.16 bits per heavy atom. The first-order chi connectivity index (χ1) is 9.01. The molecule has 6 heteroatoms. The number of hydrazine groups is 1. The van der Waals surface area contributed by atoms with Gasteiger partial charge in [-0.15, -0.1) is 0 Å². The summed E-state index contributed by atoms with van der Waals surface area (Å²) in [5.74, 6) is 5.61. The van der Waals surface area contributed by atoms with Crippen LogP contribution in [0, 0.1) is 5.92 Å². The zero-order chi connectivity index (χ0) is 14.0. The van der Waals surface area contributed by atoms with E-state index in [1.165, 1.54) is 0 Å². The van der Waals surface area contributed by atoms with Gasteiger partial charge in [0.05, 0.1) is 6.10 Å². The lowest BCUT2D eigenvalue weighted by atomic mass is 10.1. The molecule has 2 aliphatic heterocycles. The number of rotatable bonds is 4. The quantitative estimate of drug-likeness (QED) is 0.406. The van der Waals surface area contributed by atoms with Gasteiger partial charge in [0.2, 0.25) is 0 Å². The Morgan fingerprint density at radius 3 is 2.74 bits per heavy atom. The summed E-state index contributed by atoms with van der Waals surface area (Å²) in [6.07, 6.45) is 1.51. The van der Waals surface area contributed by atoms with Crippen molar-refractivity contribution in [1.82, 2.24) is 15.2 Å². The normalized spacial score (nSPS) is 36.1. The fourth-order valence-corrected chi connectivity index (χ4v) is 3.28. The molecule has 6 nitrogen and oxygen atoms in total. The molecule has 3 N–H and O–H groups in total. The summed E-state index contributed by atoms with van der Waals surface area (Å²) in [4.78, 5) is 16.2. The van der Waals surface area contributed by atoms with E-state index in [0.717, 1.165) is 32.5 Å². The Balaban J connectivity index is 1.79. The minimum atomic E-state index is -0.361. The highest BCUT2D eigenvalue weighted by Gasteiger charge is 2.35. The molecule has 2 heterocycles. The molecule has 110 valence electrons. The van der Waals surface area contributed by atoms with Gasteiger partial charge >= 0.3 is 0 Å². The van der Waals surface area contributed by atoms with Crippen LogP contribution in [-0.4, -0.2) is 67.7 Å². The summed E-state index contributed by atoms with van der Waals surface area (Å²) in [6, 6.07) is 0.615. The molecule has 2 saturated heterocycles. The van der Waals surface area contributed by atoms with Gasteiger partial charge in [-0.1, -0.05) is 6.92 Å². The smallest absolute Gasteiger partial charge is 0.263 e. The SMILES string of the molecule is CC1CN(CC2CCC(C(=O)NN)O2)CC1N(C)C. The van der Waals surface area contributed by atoms with Crippen LogP contribution in [-0.2, 0) is 9.53 Å². The summed E-state index contributed by atoms with van der Waals surface area (Å²) >= 11 is 0. The highest BCUT2D eigenvalue weighted by molar-refractivity contribution is 5.80. The van der Waals surface area contributed by atoms with Gasteiger partial charge in [-0.2, -0.15) is 0 Å². The van der Waals surface area contributed by atoms with Gasteiger partial charge in [0, 0.05) is 25.7 Å². The predicted molar refractivity (Wildman–Crippen MR) is 73.3 cm³/mol. The van der Waals surface area contributed by atoms with Gasteiger partial charge in [0.15, 0.2) is 0 Å². The van der Waals surface area contributed by atoms with Crippen molar-refractivity contribution < 1.29 is 9.53 Å². The maximum absolute atomic E-state index is 11.4.